The number of carboxylic acids is 1. The minimum atomic E-state index is -1.08. The van der Waals surface area contributed by atoms with Gasteiger partial charge >= 0.3 is 5.97 Å². The van der Waals surface area contributed by atoms with Gasteiger partial charge in [0.2, 0.25) is 17.7 Å². The lowest BCUT2D eigenvalue weighted by molar-refractivity contribution is -0.143. The molecule has 0 radical (unpaired) electrons. The molecule has 7 nitrogen and oxygen atoms in total. The van der Waals surface area contributed by atoms with Crippen LogP contribution < -0.4 is 5.32 Å². The molecular formula is C13H20N2O5. The van der Waals surface area contributed by atoms with Crippen molar-refractivity contribution in [3.05, 3.63) is 0 Å². The maximum Gasteiger partial charge on any atom is 0.326 e. The van der Waals surface area contributed by atoms with Crippen molar-refractivity contribution in [1.29, 1.82) is 0 Å². The molecule has 0 bridgehead atoms. The maximum atomic E-state index is 11.7. The first kappa shape index (κ1) is 16.1. The van der Waals surface area contributed by atoms with Crippen LogP contribution in [0.25, 0.3) is 0 Å². The lowest BCUT2D eigenvalue weighted by Crippen LogP contribution is -2.43. The summed E-state index contributed by atoms with van der Waals surface area (Å²) in [5.74, 6) is -1.97. The molecule has 1 rings (SSSR count). The van der Waals surface area contributed by atoms with Crippen LogP contribution in [0, 0.1) is 5.92 Å². The molecule has 0 aromatic rings. The largest absolute Gasteiger partial charge is 0.480 e. The first-order valence-electron chi connectivity index (χ1n) is 6.66. The average molecular weight is 284 g/mol. The monoisotopic (exact) mass is 284 g/mol. The molecule has 7 heteroatoms. The summed E-state index contributed by atoms with van der Waals surface area (Å²) in [6, 6.07) is -0.938. The fraction of sp³-hybridized carbons (Fsp3) is 0.692. The zero-order chi connectivity index (χ0) is 15.3. The molecule has 1 saturated heterocycles. The second-order valence-corrected chi connectivity index (χ2v) is 5.28. The minimum absolute atomic E-state index is 0.0114. The van der Waals surface area contributed by atoms with Gasteiger partial charge < -0.3 is 10.4 Å². The van der Waals surface area contributed by atoms with E-state index in [4.69, 9.17) is 5.11 Å². The number of carboxylic acid groups (broad SMARTS) is 1. The van der Waals surface area contributed by atoms with Crippen molar-refractivity contribution in [3.8, 4) is 0 Å². The van der Waals surface area contributed by atoms with Gasteiger partial charge in [-0.25, -0.2) is 4.79 Å². The van der Waals surface area contributed by atoms with E-state index < -0.39 is 17.9 Å². The molecular weight excluding hydrogens is 264 g/mol. The second-order valence-electron chi connectivity index (χ2n) is 5.28. The summed E-state index contributed by atoms with van der Waals surface area (Å²) < 4.78 is 0. The molecule has 1 fully saturated rings. The Hall–Kier alpha value is -1.92. The number of carbonyl (C=O) groups is 4. The summed E-state index contributed by atoms with van der Waals surface area (Å²) in [5.41, 5.74) is 0. The SMILES string of the molecule is CC(C)CC(NC(=O)CCN1C(=O)CCC1=O)C(=O)O. The highest BCUT2D eigenvalue weighted by molar-refractivity contribution is 6.02. The summed E-state index contributed by atoms with van der Waals surface area (Å²) in [7, 11) is 0. The molecule has 0 aromatic carbocycles. The summed E-state index contributed by atoms with van der Waals surface area (Å²) >= 11 is 0. The van der Waals surface area contributed by atoms with Gasteiger partial charge in [-0.1, -0.05) is 13.8 Å². The van der Waals surface area contributed by atoms with Crippen LogP contribution in [-0.2, 0) is 19.2 Å². The molecule has 3 amide bonds. The quantitative estimate of drug-likeness (QED) is 0.647. The summed E-state index contributed by atoms with van der Waals surface area (Å²) in [4.78, 5) is 46.4. The molecule has 0 aromatic heterocycles. The zero-order valence-electron chi connectivity index (χ0n) is 11.7. The Kier molecular flexibility index (Phi) is 5.66. The van der Waals surface area contributed by atoms with Gasteiger partial charge in [-0.2, -0.15) is 0 Å². The van der Waals surface area contributed by atoms with Gasteiger partial charge in [0.15, 0.2) is 0 Å². The molecule has 2 N–H and O–H groups in total. The highest BCUT2D eigenvalue weighted by atomic mass is 16.4. The third-order valence-corrected chi connectivity index (χ3v) is 3.06. The summed E-state index contributed by atoms with van der Waals surface area (Å²) in [5, 5.41) is 11.4. The standard InChI is InChI=1S/C13H20N2O5/c1-8(2)7-9(13(19)20)14-10(16)5-6-15-11(17)3-4-12(15)18/h8-9H,3-7H2,1-2H3,(H,14,16)(H,19,20). The van der Waals surface area contributed by atoms with Crippen molar-refractivity contribution in [2.45, 2.75) is 45.6 Å². The maximum absolute atomic E-state index is 11.7. The van der Waals surface area contributed by atoms with Gasteiger partial charge in [0.05, 0.1) is 0 Å². The molecule has 112 valence electrons. The molecule has 1 unspecified atom stereocenters. The number of hydrogen-bond donors (Lipinski definition) is 2. The van der Waals surface area contributed by atoms with E-state index in [-0.39, 0.29) is 43.5 Å². The molecule has 1 aliphatic rings. The van der Waals surface area contributed by atoms with E-state index in [0.29, 0.717) is 6.42 Å². The van der Waals surface area contributed by atoms with Gasteiger partial charge in [-0.15, -0.1) is 0 Å². The van der Waals surface area contributed by atoms with E-state index >= 15 is 0 Å². The normalized spacial score (nSPS) is 16.6. The van der Waals surface area contributed by atoms with Crippen molar-refractivity contribution in [1.82, 2.24) is 10.2 Å². The number of likely N-dealkylation sites (tertiary alicyclic amines) is 1. The van der Waals surface area contributed by atoms with Crippen molar-refractivity contribution in [3.63, 3.8) is 0 Å². The molecule has 0 aliphatic carbocycles. The number of carbonyl (C=O) groups excluding carboxylic acids is 3. The number of nitrogens with one attached hydrogen (secondary N) is 1. The first-order chi connectivity index (χ1) is 9.31. The Bertz CT molecular complexity index is 403. The zero-order valence-corrected chi connectivity index (χ0v) is 11.7. The molecule has 1 heterocycles. The van der Waals surface area contributed by atoms with E-state index in [1.165, 1.54) is 0 Å². The van der Waals surface area contributed by atoms with Crippen LogP contribution in [0.2, 0.25) is 0 Å². The van der Waals surface area contributed by atoms with Crippen LogP contribution in [0.3, 0.4) is 0 Å². The van der Waals surface area contributed by atoms with Gasteiger partial charge in [0.25, 0.3) is 0 Å². The van der Waals surface area contributed by atoms with Crippen LogP contribution in [0.1, 0.15) is 39.5 Å². The van der Waals surface area contributed by atoms with Gasteiger partial charge in [-0.05, 0) is 12.3 Å². The predicted molar refractivity (Wildman–Crippen MR) is 69.6 cm³/mol. The Morgan fingerprint density at radius 2 is 1.80 bits per heavy atom. The number of imide groups is 1. The van der Waals surface area contributed by atoms with Crippen LogP contribution >= 0.6 is 0 Å². The number of amides is 3. The van der Waals surface area contributed by atoms with Crippen molar-refractivity contribution in [2.75, 3.05) is 6.54 Å². The van der Waals surface area contributed by atoms with Crippen molar-refractivity contribution >= 4 is 23.7 Å². The highest BCUT2D eigenvalue weighted by Gasteiger charge is 2.29. The van der Waals surface area contributed by atoms with Gasteiger partial charge in [0.1, 0.15) is 6.04 Å². The van der Waals surface area contributed by atoms with E-state index in [0.717, 1.165) is 4.90 Å². The fourth-order valence-electron chi connectivity index (χ4n) is 2.05. The molecule has 20 heavy (non-hydrogen) atoms. The Morgan fingerprint density at radius 1 is 1.25 bits per heavy atom. The van der Waals surface area contributed by atoms with Crippen molar-refractivity contribution < 1.29 is 24.3 Å². The Balaban J connectivity index is 2.44. The van der Waals surface area contributed by atoms with E-state index in [9.17, 15) is 19.2 Å². The Morgan fingerprint density at radius 3 is 2.25 bits per heavy atom. The van der Waals surface area contributed by atoms with E-state index in [1.807, 2.05) is 13.8 Å². The van der Waals surface area contributed by atoms with Crippen molar-refractivity contribution in [2.24, 2.45) is 5.92 Å². The predicted octanol–water partition coefficient (Wildman–Crippen LogP) is 0.141. The summed E-state index contributed by atoms with van der Waals surface area (Å²) in [6.07, 6.45) is 0.638. The number of rotatable bonds is 7. The number of aliphatic carboxylic acids is 1. The number of hydrogen-bond acceptors (Lipinski definition) is 4. The second kappa shape index (κ2) is 7.02. The van der Waals surface area contributed by atoms with Gasteiger partial charge in [-0.3, -0.25) is 19.3 Å². The first-order valence-corrected chi connectivity index (χ1v) is 6.66. The molecule has 0 spiro atoms. The van der Waals surface area contributed by atoms with Gasteiger partial charge in [0, 0.05) is 25.8 Å². The molecule has 1 atom stereocenters. The third-order valence-electron chi connectivity index (χ3n) is 3.06. The van der Waals surface area contributed by atoms with E-state index in [1.54, 1.807) is 0 Å². The Labute approximate surface area is 117 Å². The van der Waals surface area contributed by atoms with Crippen LogP contribution in [0.15, 0.2) is 0 Å². The average Bonchev–Trinajstić information content (AvgIpc) is 2.65. The van der Waals surface area contributed by atoms with Crippen LogP contribution in [0.5, 0.6) is 0 Å². The lowest BCUT2D eigenvalue weighted by atomic mass is 10.0. The van der Waals surface area contributed by atoms with E-state index in [2.05, 4.69) is 5.32 Å². The topological polar surface area (TPSA) is 104 Å². The smallest absolute Gasteiger partial charge is 0.326 e. The van der Waals surface area contributed by atoms with Crippen LogP contribution in [-0.4, -0.2) is 46.3 Å². The van der Waals surface area contributed by atoms with Crippen LogP contribution in [0.4, 0.5) is 0 Å². The molecule has 1 aliphatic heterocycles. The fourth-order valence-corrected chi connectivity index (χ4v) is 2.05. The minimum Gasteiger partial charge on any atom is -0.480 e. The highest BCUT2D eigenvalue weighted by Crippen LogP contribution is 2.12. The third kappa shape index (κ3) is 4.64. The molecule has 0 saturated carbocycles. The summed E-state index contributed by atoms with van der Waals surface area (Å²) in [6.45, 7) is 3.74. The number of nitrogens with zero attached hydrogens (tertiary/aromatic N) is 1. The lowest BCUT2D eigenvalue weighted by Gasteiger charge is -2.18.